The first-order valence-electron chi connectivity index (χ1n) is 6.37. The van der Waals surface area contributed by atoms with Crippen molar-refractivity contribution >= 4 is 5.69 Å². The van der Waals surface area contributed by atoms with Crippen molar-refractivity contribution in [3.05, 3.63) is 30.3 Å². The molecule has 0 unspecified atom stereocenters. The molecule has 2 nitrogen and oxygen atoms in total. The van der Waals surface area contributed by atoms with Gasteiger partial charge in [-0.2, -0.15) is 0 Å². The van der Waals surface area contributed by atoms with Crippen LogP contribution >= 0.6 is 0 Å². The Hall–Kier alpha value is -1.02. The average Bonchev–Trinajstić information content (AvgIpc) is 2.73. The minimum atomic E-state index is 0.795. The van der Waals surface area contributed by atoms with Gasteiger partial charge in [-0.15, -0.1) is 0 Å². The number of anilines is 1. The lowest BCUT2D eigenvalue weighted by Crippen LogP contribution is -2.38. The molecule has 1 aromatic carbocycles. The third kappa shape index (κ3) is 1.82. The highest BCUT2D eigenvalue weighted by atomic mass is 15.4. The Kier molecular flexibility index (Phi) is 2.60. The summed E-state index contributed by atoms with van der Waals surface area (Å²) >= 11 is 0. The molecule has 0 spiro atoms. The lowest BCUT2D eigenvalue weighted by molar-refractivity contribution is 0.166. The predicted octanol–water partition coefficient (Wildman–Crippen LogP) is 2.56. The van der Waals surface area contributed by atoms with E-state index in [0.29, 0.717) is 0 Å². The SMILES string of the molecule is C[C@@H]1CCN2CN(c3ccccc3)C[C@H]2C1. The highest BCUT2D eigenvalue weighted by Gasteiger charge is 2.34. The largest absolute Gasteiger partial charge is 0.357 e. The maximum absolute atomic E-state index is 2.65. The topological polar surface area (TPSA) is 6.48 Å². The molecule has 2 fully saturated rings. The molecule has 0 bridgehead atoms. The minimum Gasteiger partial charge on any atom is -0.357 e. The van der Waals surface area contributed by atoms with Crippen LogP contribution in [0.1, 0.15) is 19.8 Å². The fraction of sp³-hybridized carbons (Fsp3) is 0.571. The summed E-state index contributed by atoms with van der Waals surface area (Å²) in [6.07, 6.45) is 2.75. The molecule has 3 rings (SSSR count). The van der Waals surface area contributed by atoms with E-state index >= 15 is 0 Å². The summed E-state index contributed by atoms with van der Waals surface area (Å²) < 4.78 is 0. The Labute approximate surface area is 97.9 Å². The molecule has 0 aliphatic carbocycles. The van der Waals surface area contributed by atoms with E-state index in [4.69, 9.17) is 0 Å². The first kappa shape index (κ1) is 10.2. The van der Waals surface area contributed by atoms with Crippen LogP contribution in [0.4, 0.5) is 5.69 Å². The van der Waals surface area contributed by atoms with Crippen LogP contribution in [0, 0.1) is 5.92 Å². The van der Waals surface area contributed by atoms with Crippen LogP contribution in [-0.4, -0.2) is 30.7 Å². The minimum absolute atomic E-state index is 0.795. The zero-order chi connectivity index (χ0) is 11.0. The normalized spacial score (nSPS) is 30.4. The number of nitrogens with zero attached hydrogens (tertiary/aromatic N) is 2. The molecule has 16 heavy (non-hydrogen) atoms. The first-order chi connectivity index (χ1) is 7.83. The van der Waals surface area contributed by atoms with Gasteiger partial charge >= 0.3 is 0 Å². The molecular weight excluding hydrogens is 196 g/mol. The Morgan fingerprint density at radius 3 is 2.81 bits per heavy atom. The second-order valence-electron chi connectivity index (χ2n) is 5.30. The molecule has 2 heterocycles. The molecule has 0 aromatic heterocycles. The second-order valence-corrected chi connectivity index (χ2v) is 5.30. The quantitative estimate of drug-likeness (QED) is 0.712. The number of para-hydroxylation sites is 1. The van der Waals surface area contributed by atoms with Crippen LogP contribution in [0.2, 0.25) is 0 Å². The van der Waals surface area contributed by atoms with Crippen molar-refractivity contribution in [2.45, 2.75) is 25.8 Å². The van der Waals surface area contributed by atoms with Crippen molar-refractivity contribution in [3.8, 4) is 0 Å². The molecule has 0 N–H and O–H groups in total. The smallest absolute Gasteiger partial charge is 0.0710 e. The summed E-state index contributed by atoms with van der Waals surface area (Å²) in [7, 11) is 0. The van der Waals surface area contributed by atoms with Crippen molar-refractivity contribution in [2.24, 2.45) is 5.92 Å². The lowest BCUT2D eigenvalue weighted by Gasteiger charge is -2.31. The van der Waals surface area contributed by atoms with Gasteiger partial charge in [-0.1, -0.05) is 25.1 Å². The molecule has 2 aliphatic rings. The number of rotatable bonds is 1. The van der Waals surface area contributed by atoms with Crippen LogP contribution in [0.15, 0.2) is 30.3 Å². The first-order valence-corrected chi connectivity index (χ1v) is 6.37. The summed E-state index contributed by atoms with van der Waals surface area (Å²) in [5.41, 5.74) is 1.38. The number of hydrogen-bond acceptors (Lipinski definition) is 2. The van der Waals surface area contributed by atoms with Gasteiger partial charge in [0, 0.05) is 24.8 Å². The summed E-state index contributed by atoms with van der Waals surface area (Å²) in [6.45, 7) is 6.02. The van der Waals surface area contributed by atoms with Crippen LogP contribution in [0.3, 0.4) is 0 Å². The zero-order valence-corrected chi connectivity index (χ0v) is 9.97. The highest BCUT2D eigenvalue weighted by molar-refractivity contribution is 5.47. The van der Waals surface area contributed by atoms with Crippen molar-refractivity contribution in [1.82, 2.24) is 4.90 Å². The maximum atomic E-state index is 2.65. The van der Waals surface area contributed by atoms with Gasteiger partial charge in [0.1, 0.15) is 0 Å². The summed E-state index contributed by atoms with van der Waals surface area (Å²) in [5.74, 6) is 0.914. The number of benzene rings is 1. The van der Waals surface area contributed by atoms with Gasteiger partial charge in [0.2, 0.25) is 0 Å². The van der Waals surface area contributed by atoms with Crippen LogP contribution in [-0.2, 0) is 0 Å². The summed E-state index contributed by atoms with van der Waals surface area (Å²) in [4.78, 5) is 5.16. The molecule has 2 heteroatoms. The summed E-state index contributed by atoms with van der Waals surface area (Å²) in [6, 6.07) is 11.6. The molecule has 2 aliphatic heterocycles. The van der Waals surface area contributed by atoms with Crippen LogP contribution < -0.4 is 4.90 Å². The lowest BCUT2D eigenvalue weighted by atomic mass is 9.94. The third-order valence-corrected chi connectivity index (χ3v) is 4.00. The predicted molar refractivity (Wildman–Crippen MR) is 67.5 cm³/mol. The monoisotopic (exact) mass is 216 g/mol. The maximum Gasteiger partial charge on any atom is 0.0710 e. The fourth-order valence-corrected chi connectivity index (χ4v) is 3.03. The van der Waals surface area contributed by atoms with Gasteiger partial charge in [0.05, 0.1) is 6.67 Å². The van der Waals surface area contributed by atoms with Gasteiger partial charge in [0.15, 0.2) is 0 Å². The average molecular weight is 216 g/mol. The molecule has 0 saturated carbocycles. The van der Waals surface area contributed by atoms with Gasteiger partial charge in [-0.3, -0.25) is 4.90 Å². The van der Waals surface area contributed by atoms with Crippen molar-refractivity contribution in [1.29, 1.82) is 0 Å². The van der Waals surface area contributed by atoms with E-state index in [-0.39, 0.29) is 0 Å². The Morgan fingerprint density at radius 1 is 1.19 bits per heavy atom. The van der Waals surface area contributed by atoms with E-state index in [1.165, 1.54) is 31.6 Å². The van der Waals surface area contributed by atoms with Gasteiger partial charge in [-0.25, -0.2) is 0 Å². The Balaban J connectivity index is 1.73. The fourth-order valence-electron chi connectivity index (χ4n) is 3.03. The molecular formula is C14H20N2. The second kappa shape index (κ2) is 4.10. The van der Waals surface area contributed by atoms with Crippen molar-refractivity contribution in [3.63, 3.8) is 0 Å². The van der Waals surface area contributed by atoms with Crippen molar-refractivity contribution < 1.29 is 0 Å². The highest BCUT2D eigenvalue weighted by Crippen LogP contribution is 2.29. The number of fused-ring (bicyclic) bond motifs is 1. The molecule has 0 amide bonds. The van der Waals surface area contributed by atoms with E-state index in [0.717, 1.165) is 18.6 Å². The molecule has 2 saturated heterocycles. The molecule has 0 radical (unpaired) electrons. The van der Waals surface area contributed by atoms with E-state index in [9.17, 15) is 0 Å². The Morgan fingerprint density at radius 2 is 2.00 bits per heavy atom. The number of piperidine rings is 1. The van der Waals surface area contributed by atoms with Crippen LogP contribution in [0.5, 0.6) is 0 Å². The Bertz CT molecular complexity index is 349. The molecule has 86 valence electrons. The number of hydrogen-bond donors (Lipinski definition) is 0. The van der Waals surface area contributed by atoms with Gasteiger partial charge in [-0.05, 0) is 30.9 Å². The van der Waals surface area contributed by atoms with Gasteiger partial charge in [0.25, 0.3) is 0 Å². The molecule has 1 aromatic rings. The van der Waals surface area contributed by atoms with E-state index in [2.05, 4.69) is 47.1 Å². The standard InChI is InChI=1S/C14H20N2/c1-12-7-8-15-11-16(10-14(15)9-12)13-5-3-2-4-6-13/h2-6,12,14H,7-11H2,1H3/t12-,14-/m1/s1. The van der Waals surface area contributed by atoms with E-state index in [1.54, 1.807) is 0 Å². The molecule has 2 atom stereocenters. The third-order valence-electron chi connectivity index (χ3n) is 4.00. The van der Waals surface area contributed by atoms with E-state index < -0.39 is 0 Å². The zero-order valence-electron chi connectivity index (χ0n) is 9.97. The van der Waals surface area contributed by atoms with Crippen LogP contribution in [0.25, 0.3) is 0 Å². The summed E-state index contributed by atoms with van der Waals surface area (Å²) in [5, 5.41) is 0. The van der Waals surface area contributed by atoms with Crippen molar-refractivity contribution in [2.75, 3.05) is 24.7 Å². The van der Waals surface area contributed by atoms with E-state index in [1.807, 2.05) is 0 Å². The van der Waals surface area contributed by atoms with Gasteiger partial charge < -0.3 is 4.90 Å².